The van der Waals surface area contributed by atoms with Crippen LogP contribution in [0.3, 0.4) is 0 Å². The molecule has 0 atom stereocenters. The van der Waals surface area contributed by atoms with Gasteiger partial charge in [-0.1, -0.05) is 0 Å². The van der Waals surface area contributed by atoms with Crippen molar-refractivity contribution in [2.24, 2.45) is 0 Å². The van der Waals surface area contributed by atoms with Crippen LogP contribution in [0, 0.1) is 0 Å². The first-order chi connectivity index (χ1) is 14.1. The lowest BCUT2D eigenvalue weighted by Gasteiger charge is -2.17. The molecule has 10 heteroatoms. The molecule has 30 heavy (non-hydrogen) atoms. The lowest BCUT2D eigenvalue weighted by molar-refractivity contribution is -0.141. The third-order valence-electron chi connectivity index (χ3n) is 4.38. The van der Waals surface area contributed by atoms with E-state index in [0.717, 1.165) is 31.1 Å². The van der Waals surface area contributed by atoms with Crippen LogP contribution in [0.1, 0.15) is 42.6 Å². The van der Waals surface area contributed by atoms with Crippen LogP contribution >= 0.6 is 0 Å². The fourth-order valence-electron chi connectivity index (χ4n) is 3.03. The van der Waals surface area contributed by atoms with Gasteiger partial charge in [-0.2, -0.15) is 13.2 Å². The highest BCUT2D eigenvalue weighted by Crippen LogP contribution is 2.33. The molecule has 1 saturated heterocycles. The molecule has 3 rings (SSSR count). The number of carbonyl (C=O) groups is 2. The molecular weight excluding hydrogens is 401 g/mol. The third kappa shape index (κ3) is 5.25. The van der Waals surface area contributed by atoms with E-state index < -0.39 is 23.6 Å². The van der Waals surface area contributed by atoms with Gasteiger partial charge in [-0.25, -0.2) is 14.5 Å². The Kier molecular flexibility index (Phi) is 6.23. The second-order valence-electron chi connectivity index (χ2n) is 7.15. The van der Waals surface area contributed by atoms with Gasteiger partial charge in [0.1, 0.15) is 6.33 Å². The van der Waals surface area contributed by atoms with E-state index >= 15 is 0 Å². The van der Waals surface area contributed by atoms with Crippen LogP contribution in [-0.2, 0) is 15.7 Å². The van der Waals surface area contributed by atoms with Crippen LogP contribution in [0.2, 0.25) is 0 Å². The Bertz CT molecular complexity index is 960. The van der Waals surface area contributed by atoms with Crippen LogP contribution in [-0.4, -0.2) is 50.7 Å². The normalized spacial score (nSPS) is 14.7. The number of rotatable bonds is 5. The Morgan fingerprint density at radius 2 is 1.87 bits per heavy atom. The summed E-state index contributed by atoms with van der Waals surface area (Å²) < 4.78 is 46.3. The lowest BCUT2D eigenvalue weighted by Crippen LogP contribution is -2.28. The summed E-state index contributed by atoms with van der Waals surface area (Å²) in [5.41, 5.74) is -0.951. The Labute approximate surface area is 171 Å². The van der Waals surface area contributed by atoms with Gasteiger partial charge in [-0.3, -0.25) is 4.79 Å². The molecular formula is C20H21F3N4O3. The predicted molar refractivity (Wildman–Crippen MR) is 102 cm³/mol. The summed E-state index contributed by atoms with van der Waals surface area (Å²) in [5, 5.41) is 4.07. The number of nitrogens with zero attached hydrogens (tertiary/aromatic N) is 4. The fourth-order valence-corrected chi connectivity index (χ4v) is 3.03. The molecule has 0 N–H and O–H groups in total. The molecule has 7 nitrogen and oxygen atoms in total. The standard InChI is InChI=1S/C20H21F3N4O3/c1-13(2)30-17(28)5-8-27-12-24-18(25-27)14-9-15(11-16(10-14)20(21,22)23)19(29)26-6-3-4-7-26/h5,8-13H,3-4,6-7H2,1-2H3/b8-5+. The third-order valence-corrected chi connectivity index (χ3v) is 4.38. The molecule has 2 heterocycles. The second-order valence-corrected chi connectivity index (χ2v) is 7.15. The highest BCUT2D eigenvalue weighted by Gasteiger charge is 2.33. The highest BCUT2D eigenvalue weighted by atomic mass is 19.4. The molecule has 0 radical (unpaired) electrons. The van der Waals surface area contributed by atoms with E-state index in [1.165, 1.54) is 28.2 Å². The van der Waals surface area contributed by atoms with Gasteiger partial charge in [0.25, 0.3) is 5.91 Å². The molecule has 0 unspecified atom stereocenters. The van der Waals surface area contributed by atoms with E-state index in [1.54, 1.807) is 13.8 Å². The minimum absolute atomic E-state index is 0.00144. The van der Waals surface area contributed by atoms with Gasteiger partial charge in [-0.05, 0) is 44.9 Å². The summed E-state index contributed by atoms with van der Waals surface area (Å²) in [6.07, 6.45) is 0.406. The monoisotopic (exact) mass is 422 g/mol. The molecule has 1 aromatic carbocycles. The number of halogens is 3. The summed E-state index contributed by atoms with van der Waals surface area (Å²) in [4.78, 5) is 29.7. The van der Waals surface area contributed by atoms with E-state index in [2.05, 4.69) is 10.1 Å². The molecule has 1 amide bonds. The number of aromatic nitrogens is 3. The second kappa shape index (κ2) is 8.68. The maximum absolute atomic E-state index is 13.4. The first kappa shape index (κ1) is 21.5. The number of carbonyl (C=O) groups excluding carboxylic acids is 2. The highest BCUT2D eigenvalue weighted by molar-refractivity contribution is 5.95. The molecule has 1 aliphatic rings. The zero-order valence-corrected chi connectivity index (χ0v) is 16.5. The smallest absolute Gasteiger partial charge is 0.416 e. The maximum Gasteiger partial charge on any atom is 0.416 e. The SMILES string of the molecule is CC(C)OC(=O)/C=C/n1cnc(-c2cc(C(=O)N3CCCC3)cc(C(F)(F)F)c2)n1. The topological polar surface area (TPSA) is 77.3 Å². The number of hydrogen-bond donors (Lipinski definition) is 0. The van der Waals surface area contributed by atoms with Crippen molar-refractivity contribution in [1.82, 2.24) is 19.7 Å². The largest absolute Gasteiger partial charge is 0.460 e. The molecule has 1 aromatic heterocycles. The Balaban J connectivity index is 1.90. The number of likely N-dealkylation sites (tertiary alicyclic amines) is 1. The molecule has 1 fully saturated rings. The number of amides is 1. The van der Waals surface area contributed by atoms with Gasteiger partial charge in [0, 0.05) is 36.5 Å². The van der Waals surface area contributed by atoms with Crippen molar-refractivity contribution < 1.29 is 27.5 Å². The van der Waals surface area contributed by atoms with Crippen LogP contribution in [0.15, 0.2) is 30.6 Å². The Morgan fingerprint density at radius 1 is 1.17 bits per heavy atom. The fraction of sp³-hybridized carbons (Fsp3) is 0.400. The summed E-state index contributed by atoms with van der Waals surface area (Å²) in [6.45, 7) is 4.45. The zero-order chi connectivity index (χ0) is 21.9. The van der Waals surface area contributed by atoms with E-state index in [4.69, 9.17) is 4.74 Å². The molecule has 0 aliphatic carbocycles. The van der Waals surface area contributed by atoms with Crippen molar-refractivity contribution in [3.63, 3.8) is 0 Å². The minimum atomic E-state index is -4.63. The zero-order valence-electron chi connectivity index (χ0n) is 16.5. The molecule has 0 spiro atoms. The molecule has 1 aliphatic heterocycles. The molecule has 0 saturated carbocycles. The van der Waals surface area contributed by atoms with Crippen molar-refractivity contribution >= 4 is 18.1 Å². The van der Waals surface area contributed by atoms with Crippen molar-refractivity contribution in [3.05, 3.63) is 41.7 Å². The Hall–Kier alpha value is -3.17. The van der Waals surface area contributed by atoms with Crippen molar-refractivity contribution in [2.75, 3.05) is 13.1 Å². The summed E-state index contributed by atoms with van der Waals surface area (Å²) >= 11 is 0. The van der Waals surface area contributed by atoms with Gasteiger partial charge < -0.3 is 9.64 Å². The quantitative estimate of drug-likeness (QED) is 0.543. The molecule has 2 aromatic rings. The van der Waals surface area contributed by atoms with Crippen LogP contribution < -0.4 is 0 Å². The van der Waals surface area contributed by atoms with E-state index in [-0.39, 0.29) is 23.1 Å². The van der Waals surface area contributed by atoms with E-state index in [1.807, 2.05) is 0 Å². The average molecular weight is 422 g/mol. The van der Waals surface area contributed by atoms with Crippen LogP contribution in [0.4, 0.5) is 13.2 Å². The average Bonchev–Trinajstić information content (AvgIpc) is 3.36. The first-order valence-electron chi connectivity index (χ1n) is 9.45. The van der Waals surface area contributed by atoms with Crippen LogP contribution in [0.25, 0.3) is 17.6 Å². The van der Waals surface area contributed by atoms with Gasteiger partial charge in [0.05, 0.1) is 11.7 Å². The first-order valence-corrected chi connectivity index (χ1v) is 9.45. The Morgan fingerprint density at radius 3 is 2.50 bits per heavy atom. The van der Waals surface area contributed by atoms with Crippen molar-refractivity contribution in [3.8, 4) is 11.4 Å². The van der Waals surface area contributed by atoms with E-state index in [0.29, 0.717) is 13.1 Å². The predicted octanol–water partition coefficient (Wildman–Crippen LogP) is 3.62. The van der Waals surface area contributed by atoms with Crippen LogP contribution in [0.5, 0.6) is 0 Å². The van der Waals surface area contributed by atoms with Gasteiger partial charge in [0.2, 0.25) is 0 Å². The van der Waals surface area contributed by atoms with Gasteiger partial charge in [0.15, 0.2) is 5.82 Å². The number of alkyl halides is 3. The number of hydrogen-bond acceptors (Lipinski definition) is 5. The molecule has 160 valence electrons. The maximum atomic E-state index is 13.4. The van der Waals surface area contributed by atoms with Crippen molar-refractivity contribution in [2.45, 2.75) is 39.0 Å². The summed E-state index contributed by atoms with van der Waals surface area (Å²) in [6, 6.07) is 3.10. The molecule has 0 bridgehead atoms. The summed E-state index contributed by atoms with van der Waals surface area (Å²) in [7, 11) is 0. The number of esters is 1. The lowest BCUT2D eigenvalue weighted by atomic mass is 10.0. The number of ether oxygens (including phenoxy) is 1. The van der Waals surface area contributed by atoms with Gasteiger partial charge in [-0.15, -0.1) is 5.10 Å². The summed E-state index contributed by atoms with van der Waals surface area (Å²) in [5.74, 6) is -1.03. The minimum Gasteiger partial charge on any atom is -0.460 e. The van der Waals surface area contributed by atoms with Gasteiger partial charge >= 0.3 is 12.1 Å². The van der Waals surface area contributed by atoms with Crippen molar-refractivity contribution in [1.29, 1.82) is 0 Å². The number of benzene rings is 1. The van der Waals surface area contributed by atoms with E-state index in [9.17, 15) is 22.8 Å².